The highest BCUT2D eigenvalue weighted by Crippen LogP contribution is 2.45. The van der Waals surface area contributed by atoms with Crippen molar-refractivity contribution in [2.75, 3.05) is 19.0 Å². The van der Waals surface area contributed by atoms with Crippen molar-refractivity contribution in [2.45, 2.75) is 12.4 Å². The Morgan fingerprint density at radius 2 is 1.26 bits per heavy atom. The van der Waals surface area contributed by atoms with Crippen LogP contribution < -0.4 is 4.90 Å². The molecule has 0 atom stereocenters. The van der Waals surface area contributed by atoms with E-state index in [0.717, 1.165) is 24.3 Å². The first-order valence-electron chi connectivity index (χ1n) is 6.57. The molecule has 0 aromatic heterocycles. The molecule has 0 amide bonds. The summed E-state index contributed by atoms with van der Waals surface area (Å²) in [6.45, 7) is 0. The monoisotopic (exact) mass is 333 g/mol. The van der Waals surface area contributed by atoms with Crippen molar-refractivity contribution < 1.29 is 26.3 Å². The standard InChI is InChI=1S/C16H13F6N/c1-23(2)13-9-5-7-11(14(13)16(20,21)22)10-6-3-4-8-12(10)15(17,18)19/h3-9H,1-2H3. The molecule has 0 saturated heterocycles. The summed E-state index contributed by atoms with van der Waals surface area (Å²) in [6.07, 6.45) is -9.53. The van der Waals surface area contributed by atoms with Gasteiger partial charge in [-0.15, -0.1) is 0 Å². The molecule has 0 aliphatic carbocycles. The zero-order valence-corrected chi connectivity index (χ0v) is 12.3. The maximum absolute atomic E-state index is 13.5. The van der Waals surface area contributed by atoms with Crippen LogP contribution in [0.25, 0.3) is 11.1 Å². The molecule has 23 heavy (non-hydrogen) atoms. The first-order chi connectivity index (χ1) is 10.5. The summed E-state index contributed by atoms with van der Waals surface area (Å²) in [4.78, 5) is 1.22. The summed E-state index contributed by atoms with van der Waals surface area (Å²) in [5, 5.41) is 0. The molecule has 124 valence electrons. The summed E-state index contributed by atoms with van der Waals surface area (Å²) in [7, 11) is 2.81. The Morgan fingerprint density at radius 3 is 1.78 bits per heavy atom. The van der Waals surface area contributed by atoms with Crippen LogP contribution >= 0.6 is 0 Å². The van der Waals surface area contributed by atoms with Gasteiger partial charge in [-0.2, -0.15) is 26.3 Å². The topological polar surface area (TPSA) is 3.24 Å². The van der Waals surface area contributed by atoms with Gasteiger partial charge in [0.15, 0.2) is 0 Å². The highest BCUT2D eigenvalue weighted by molar-refractivity contribution is 5.77. The third-order valence-corrected chi connectivity index (χ3v) is 3.33. The number of rotatable bonds is 2. The number of hydrogen-bond acceptors (Lipinski definition) is 1. The van der Waals surface area contributed by atoms with Gasteiger partial charge in [0, 0.05) is 19.8 Å². The Balaban J connectivity index is 2.83. The predicted molar refractivity (Wildman–Crippen MR) is 76.2 cm³/mol. The molecule has 0 bridgehead atoms. The van der Waals surface area contributed by atoms with E-state index >= 15 is 0 Å². The highest BCUT2D eigenvalue weighted by atomic mass is 19.4. The highest BCUT2D eigenvalue weighted by Gasteiger charge is 2.40. The van der Waals surface area contributed by atoms with Crippen molar-refractivity contribution in [1.29, 1.82) is 0 Å². The molecule has 2 aromatic rings. The number of alkyl halides is 6. The second-order valence-corrected chi connectivity index (χ2v) is 5.14. The fraction of sp³-hybridized carbons (Fsp3) is 0.250. The van der Waals surface area contributed by atoms with Gasteiger partial charge in [0.2, 0.25) is 0 Å². The lowest BCUT2D eigenvalue weighted by atomic mass is 9.93. The van der Waals surface area contributed by atoms with Crippen LogP contribution in [0.15, 0.2) is 42.5 Å². The van der Waals surface area contributed by atoms with E-state index in [1.165, 1.54) is 37.2 Å². The summed E-state index contributed by atoms with van der Waals surface area (Å²) in [5.74, 6) is 0. The minimum absolute atomic E-state index is 0.188. The molecule has 0 saturated carbocycles. The average molecular weight is 333 g/mol. The lowest BCUT2D eigenvalue weighted by molar-refractivity contribution is -0.139. The number of benzene rings is 2. The van der Waals surface area contributed by atoms with Gasteiger partial charge in [0.05, 0.1) is 11.1 Å². The van der Waals surface area contributed by atoms with E-state index in [9.17, 15) is 26.3 Å². The molecule has 0 unspecified atom stereocenters. The fourth-order valence-corrected chi connectivity index (χ4v) is 2.40. The van der Waals surface area contributed by atoms with Crippen molar-refractivity contribution in [3.8, 4) is 11.1 Å². The fourth-order valence-electron chi connectivity index (χ4n) is 2.40. The third kappa shape index (κ3) is 3.43. The van der Waals surface area contributed by atoms with Gasteiger partial charge >= 0.3 is 12.4 Å². The largest absolute Gasteiger partial charge is 0.418 e. The molecule has 0 aliphatic heterocycles. The molecule has 2 aromatic carbocycles. The van der Waals surface area contributed by atoms with Crippen LogP contribution in [0.3, 0.4) is 0 Å². The average Bonchev–Trinajstić information content (AvgIpc) is 2.44. The number of anilines is 1. The number of halogens is 6. The van der Waals surface area contributed by atoms with Crippen LogP contribution in [0.2, 0.25) is 0 Å². The van der Waals surface area contributed by atoms with Gasteiger partial charge in [0.1, 0.15) is 0 Å². The van der Waals surface area contributed by atoms with Gasteiger partial charge in [-0.3, -0.25) is 0 Å². The lowest BCUT2D eigenvalue weighted by Gasteiger charge is -2.23. The van der Waals surface area contributed by atoms with E-state index in [-0.39, 0.29) is 5.69 Å². The summed E-state index contributed by atoms with van der Waals surface area (Å²) in [6, 6.07) is 7.85. The van der Waals surface area contributed by atoms with E-state index in [1.54, 1.807) is 0 Å². The van der Waals surface area contributed by atoms with Crippen molar-refractivity contribution in [2.24, 2.45) is 0 Å². The molecule has 0 radical (unpaired) electrons. The molecule has 0 spiro atoms. The Morgan fingerprint density at radius 1 is 0.696 bits per heavy atom. The zero-order valence-electron chi connectivity index (χ0n) is 12.3. The van der Waals surface area contributed by atoms with Gasteiger partial charge in [-0.25, -0.2) is 0 Å². The minimum atomic E-state index is -4.78. The van der Waals surface area contributed by atoms with Crippen LogP contribution in [-0.4, -0.2) is 14.1 Å². The molecule has 1 nitrogen and oxygen atoms in total. The molecule has 0 fully saturated rings. The molecule has 7 heteroatoms. The van der Waals surface area contributed by atoms with Crippen molar-refractivity contribution in [1.82, 2.24) is 0 Å². The molecular formula is C16H13F6N. The zero-order chi connectivity index (χ0) is 17.4. The van der Waals surface area contributed by atoms with Gasteiger partial charge in [-0.05, 0) is 23.3 Å². The predicted octanol–water partition coefficient (Wildman–Crippen LogP) is 5.46. The summed E-state index contributed by atoms with van der Waals surface area (Å²) in [5.41, 5.74) is -3.34. The Kier molecular flexibility index (Phi) is 4.32. The lowest BCUT2D eigenvalue weighted by Crippen LogP contribution is -2.18. The Labute approximate surface area is 129 Å². The first-order valence-corrected chi connectivity index (χ1v) is 6.57. The van der Waals surface area contributed by atoms with E-state index in [0.29, 0.717) is 0 Å². The van der Waals surface area contributed by atoms with E-state index in [2.05, 4.69) is 0 Å². The van der Waals surface area contributed by atoms with Crippen LogP contribution in [0.1, 0.15) is 11.1 Å². The van der Waals surface area contributed by atoms with Crippen LogP contribution in [0.5, 0.6) is 0 Å². The van der Waals surface area contributed by atoms with Crippen LogP contribution in [0.4, 0.5) is 32.0 Å². The number of nitrogens with zero attached hydrogens (tertiary/aromatic N) is 1. The van der Waals surface area contributed by atoms with Gasteiger partial charge in [0.25, 0.3) is 0 Å². The Bertz CT molecular complexity index is 700. The van der Waals surface area contributed by atoms with Crippen molar-refractivity contribution in [3.63, 3.8) is 0 Å². The molecule has 2 rings (SSSR count). The quantitative estimate of drug-likeness (QED) is 0.660. The van der Waals surface area contributed by atoms with Crippen molar-refractivity contribution in [3.05, 3.63) is 53.6 Å². The minimum Gasteiger partial charge on any atom is -0.377 e. The van der Waals surface area contributed by atoms with Gasteiger partial charge < -0.3 is 4.90 Å². The van der Waals surface area contributed by atoms with Crippen molar-refractivity contribution >= 4 is 5.69 Å². The van der Waals surface area contributed by atoms with Gasteiger partial charge in [-0.1, -0.05) is 30.3 Å². The second-order valence-electron chi connectivity index (χ2n) is 5.14. The number of hydrogen-bond donors (Lipinski definition) is 0. The Hall–Kier alpha value is -2.18. The first kappa shape index (κ1) is 17.2. The smallest absolute Gasteiger partial charge is 0.377 e. The maximum atomic E-state index is 13.5. The normalized spacial score (nSPS) is 12.3. The van der Waals surface area contributed by atoms with Crippen LogP contribution in [0, 0.1) is 0 Å². The second kappa shape index (κ2) is 5.79. The van der Waals surface area contributed by atoms with E-state index < -0.39 is 34.6 Å². The van der Waals surface area contributed by atoms with E-state index in [4.69, 9.17) is 0 Å². The SMILES string of the molecule is CN(C)c1cccc(-c2ccccc2C(F)(F)F)c1C(F)(F)F. The molecular weight excluding hydrogens is 320 g/mol. The molecule has 0 aliphatic rings. The molecule has 0 heterocycles. The summed E-state index contributed by atoms with van der Waals surface area (Å²) < 4.78 is 79.8. The summed E-state index contributed by atoms with van der Waals surface area (Å²) >= 11 is 0. The van der Waals surface area contributed by atoms with E-state index in [1.807, 2.05) is 0 Å². The molecule has 0 N–H and O–H groups in total. The maximum Gasteiger partial charge on any atom is 0.418 e. The van der Waals surface area contributed by atoms with Crippen LogP contribution in [-0.2, 0) is 12.4 Å². The third-order valence-electron chi connectivity index (χ3n) is 3.33.